The van der Waals surface area contributed by atoms with Crippen molar-refractivity contribution in [1.29, 1.82) is 0 Å². The molecule has 4 rings (SSSR count). The summed E-state index contributed by atoms with van der Waals surface area (Å²) >= 11 is 0. The fourth-order valence-corrected chi connectivity index (χ4v) is 3.82. The van der Waals surface area contributed by atoms with Crippen LogP contribution < -0.4 is 4.90 Å². The Morgan fingerprint density at radius 2 is 1.83 bits per heavy atom. The molecule has 0 spiro atoms. The molecule has 3 aromatic rings. The van der Waals surface area contributed by atoms with Crippen LogP contribution in [0.25, 0.3) is 10.9 Å². The second kappa shape index (κ2) is 5.45. The Kier molecular flexibility index (Phi) is 3.38. The maximum atomic E-state index is 12.9. The lowest BCUT2D eigenvalue weighted by molar-refractivity contribution is -0.122. The van der Waals surface area contributed by atoms with E-state index in [1.807, 2.05) is 37.5 Å². The van der Waals surface area contributed by atoms with Crippen molar-refractivity contribution in [2.24, 2.45) is 0 Å². The summed E-state index contributed by atoms with van der Waals surface area (Å²) in [6.07, 6.45) is 3.44. The maximum absolute atomic E-state index is 12.9. The molecule has 1 aromatic heterocycles. The number of carbonyl (C=O) groups is 1. The first kappa shape index (κ1) is 14.9. The van der Waals surface area contributed by atoms with E-state index in [-0.39, 0.29) is 5.91 Å². The number of hydrogen-bond donors (Lipinski definition) is 0. The van der Waals surface area contributed by atoms with E-state index in [2.05, 4.69) is 42.2 Å². The van der Waals surface area contributed by atoms with Crippen LogP contribution in [0.1, 0.15) is 24.5 Å². The number of carbonyl (C=O) groups excluding carboxylic acids is 1. The van der Waals surface area contributed by atoms with Crippen LogP contribution in [-0.4, -0.2) is 17.9 Å². The molecule has 1 unspecified atom stereocenters. The lowest BCUT2D eigenvalue weighted by Crippen LogP contribution is -2.36. The molecule has 1 atom stereocenters. The average Bonchev–Trinajstić information content (AvgIpc) is 2.82. The van der Waals surface area contributed by atoms with Gasteiger partial charge in [0, 0.05) is 24.3 Å². The first-order valence-corrected chi connectivity index (χ1v) is 8.31. The van der Waals surface area contributed by atoms with Crippen LogP contribution >= 0.6 is 0 Å². The molecule has 1 aliphatic heterocycles. The predicted octanol–water partition coefficient (Wildman–Crippen LogP) is 4.10. The van der Waals surface area contributed by atoms with Gasteiger partial charge in [-0.3, -0.25) is 9.78 Å². The number of anilines is 1. The zero-order valence-corrected chi connectivity index (χ0v) is 14.0. The molecule has 3 nitrogen and oxygen atoms in total. The number of nitrogens with zero attached hydrogens (tertiary/aromatic N) is 2. The van der Waals surface area contributed by atoms with Gasteiger partial charge in [0.2, 0.25) is 5.91 Å². The van der Waals surface area contributed by atoms with Crippen LogP contribution in [0.4, 0.5) is 5.69 Å². The van der Waals surface area contributed by atoms with Crippen molar-refractivity contribution in [3.8, 4) is 0 Å². The maximum Gasteiger partial charge on any atom is 0.237 e. The predicted molar refractivity (Wildman–Crippen MR) is 97.3 cm³/mol. The highest BCUT2D eigenvalue weighted by atomic mass is 16.2. The van der Waals surface area contributed by atoms with Gasteiger partial charge in [-0.1, -0.05) is 42.5 Å². The van der Waals surface area contributed by atoms with Crippen molar-refractivity contribution in [3.05, 3.63) is 71.9 Å². The van der Waals surface area contributed by atoms with Crippen LogP contribution in [0.2, 0.25) is 0 Å². The van der Waals surface area contributed by atoms with Gasteiger partial charge >= 0.3 is 0 Å². The molecule has 24 heavy (non-hydrogen) atoms. The number of para-hydroxylation sites is 2. The number of benzene rings is 2. The number of amides is 1. The Bertz CT molecular complexity index is 929. The highest BCUT2D eigenvalue weighted by molar-refractivity contribution is 6.07. The summed E-state index contributed by atoms with van der Waals surface area (Å²) < 4.78 is 0. The largest absolute Gasteiger partial charge is 0.314 e. The zero-order valence-electron chi connectivity index (χ0n) is 14.0. The molecular formula is C21H20N2O. The van der Waals surface area contributed by atoms with Crippen LogP contribution in [-0.2, 0) is 16.6 Å². The summed E-state index contributed by atoms with van der Waals surface area (Å²) in [6.45, 7) is 2.07. The van der Waals surface area contributed by atoms with Gasteiger partial charge in [0.15, 0.2) is 0 Å². The topological polar surface area (TPSA) is 33.2 Å². The molecule has 1 amide bonds. The van der Waals surface area contributed by atoms with Crippen molar-refractivity contribution in [1.82, 2.24) is 4.98 Å². The highest BCUT2D eigenvalue weighted by Crippen LogP contribution is 2.43. The smallest absolute Gasteiger partial charge is 0.237 e. The number of pyridine rings is 1. The molecule has 0 N–H and O–H groups in total. The summed E-state index contributed by atoms with van der Waals surface area (Å²) in [7, 11) is 1.87. The van der Waals surface area contributed by atoms with Gasteiger partial charge in [-0.2, -0.15) is 0 Å². The van der Waals surface area contributed by atoms with E-state index in [1.54, 1.807) is 4.90 Å². The zero-order chi connectivity index (χ0) is 16.7. The van der Waals surface area contributed by atoms with Crippen LogP contribution in [0.15, 0.2) is 60.8 Å². The number of aryl methyl sites for hydroxylation is 1. The van der Waals surface area contributed by atoms with Gasteiger partial charge < -0.3 is 4.90 Å². The van der Waals surface area contributed by atoms with Gasteiger partial charge in [-0.05, 0) is 43.0 Å². The fraction of sp³-hybridized carbons (Fsp3) is 0.238. The van der Waals surface area contributed by atoms with Crippen molar-refractivity contribution >= 4 is 22.5 Å². The van der Waals surface area contributed by atoms with Crippen molar-refractivity contribution in [3.63, 3.8) is 0 Å². The molecule has 0 saturated carbocycles. The van der Waals surface area contributed by atoms with Crippen molar-refractivity contribution < 1.29 is 4.79 Å². The summed E-state index contributed by atoms with van der Waals surface area (Å²) in [6, 6.07) is 18.4. The number of likely N-dealkylation sites (N-methyl/N-ethyl adjacent to an activating group) is 1. The second-order valence-corrected chi connectivity index (χ2v) is 6.71. The first-order chi connectivity index (χ1) is 11.6. The van der Waals surface area contributed by atoms with E-state index < -0.39 is 5.41 Å². The van der Waals surface area contributed by atoms with Crippen molar-refractivity contribution in [2.75, 3.05) is 11.9 Å². The van der Waals surface area contributed by atoms with Crippen molar-refractivity contribution in [2.45, 2.75) is 25.2 Å². The van der Waals surface area contributed by atoms with Crippen LogP contribution in [0.5, 0.6) is 0 Å². The number of rotatable bonds is 3. The van der Waals surface area contributed by atoms with Gasteiger partial charge in [-0.25, -0.2) is 0 Å². The lowest BCUT2D eigenvalue weighted by Gasteiger charge is -2.23. The lowest BCUT2D eigenvalue weighted by atomic mass is 9.78. The third kappa shape index (κ3) is 2.12. The van der Waals surface area contributed by atoms with E-state index >= 15 is 0 Å². The molecule has 0 radical (unpaired) electrons. The van der Waals surface area contributed by atoms with Gasteiger partial charge in [0.1, 0.15) is 0 Å². The quantitative estimate of drug-likeness (QED) is 0.729. The monoisotopic (exact) mass is 316 g/mol. The summed E-state index contributed by atoms with van der Waals surface area (Å²) in [5.41, 5.74) is 3.93. The second-order valence-electron chi connectivity index (χ2n) is 6.71. The fourth-order valence-electron chi connectivity index (χ4n) is 3.82. The minimum atomic E-state index is -0.470. The average molecular weight is 316 g/mol. The molecule has 1 aliphatic rings. The molecule has 0 fully saturated rings. The van der Waals surface area contributed by atoms with E-state index in [1.165, 1.54) is 5.56 Å². The standard InChI is InChI=1S/C21H20N2O/c1-21(17-10-3-4-11-18(17)23(2)20(21)24)13-12-16-8-5-7-15-9-6-14-22-19(15)16/h3-11,14H,12-13H2,1-2H3. The van der Waals surface area contributed by atoms with Gasteiger partial charge in [0.05, 0.1) is 10.9 Å². The van der Waals surface area contributed by atoms with Gasteiger partial charge in [0.25, 0.3) is 0 Å². The number of aromatic nitrogens is 1. The van der Waals surface area contributed by atoms with Crippen LogP contribution in [0, 0.1) is 0 Å². The summed E-state index contributed by atoms with van der Waals surface area (Å²) in [5.74, 6) is 0.178. The molecular weight excluding hydrogens is 296 g/mol. The molecule has 0 bridgehead atoms. The third-order valence-electron chi connectivity index (χ3n) is 5.25. The molecule has 120 valence electrons. The SMILES string of the molecule is CN1C(=O)C(C)(CCc2cccc3cccnc23)c2ccccc21. The molecule has 2 heterocycles. The summed E-state index contributed by atoms with van der Waals surface area (Å²) in [5, 5.41) is 1.15. The third-order valence-corrected chi connectivity index (χ3v) is 5.25. The number of hydrogen-bond acceptors (Lipinski definition) is 2. The highest BCUT2D eigenvalue weighted by Gasteiger charge is 2.45. The first-order valence-electron chi connectivity index (χ1n) is 8.31. The Hall–Kier alpha value is -2.68. The van der Waals surface area contributed by atoms with Crippen LogP contribution in [0.3, 0.4) is 0 Å². The van der Waals surface area contributed by atoms with Gasteiger partial charge in [-0.15, -0.1) is 0 Å². The normalized spacial score (nSPS) is 19.8. The van der Waals surface area contributed by atoms with E-state index in [0.717, 1.165) is 35.0 Å². The number of fused-ring (bicyclic) bond motifs is 2. The Morgan fingerprint density at radius 1 is 1.04 bits per heavy atom. The van der Waals surface area contributed by atoms with E-state index in [4.69, 9.17) is 0 Å². The summed E-state index contributed by atoms with van der Waals surface area (Å²) in [4.78, 5) is 19.2. The van der Waals surface area contributed by atoms with E-state index in [9.17, 15) is 4.79 Å². The minimum absolute atomic E-state index is 0.178. The molecule has 0 aliphatic carbocycles. The Morgan fingerprint density at radius 3 is 2.71 bits per heavy atom. The molecule has 3 heteroatoms. The minimum Gasteiger partial charge on any atom is -0.314 e. The Labute approximate surface area is 141 Å². The van der Waals surface area contributed by atoms with E-state index in [0.29, 0.717) is 0 Å². The molecule has 0 saturated heterocycles. The Balaban J connectivity index is 1.69. The molecule has 2 aromatic carbocycles.